The fraction of sp³-hybridized carbons (Fsp3) is 0.368. The summed E-state index contributed by atoms with van der Waals surface area (Å²) in [5.74, 6) is 1.11. The minimum Gasteiger partial charge on any atom is -0.456 e. The maximum atomic E-state index is 13.2. The number of nitrogens with zero attached hydrogens (tertiary/aromatic N) is 4. The third-order valence-corrected chi connectivity index (χ3v) is 10.1. The second-order valence-corrected chi connectivity index (χ2v) is 13.4. The number of hydrogen-bond acceptors (Lipinski definition) is 11. The maximum Gasteiger partial charge on any atom is 0.407 e. The third kappa shape index (κ3) is 7.61. The largest absolute Gasteiger partial charge is 0.456 e. The molecular weight excluding hydrogens is 712 g/mol. The van der Waals surface area contributed by atoms with Crippen LogP contribution in [-0.4, -0.2) is 117 Å². The summed E-state index contributed by atoms with van der Waals surface area (Å²) in [6, 6.07) is 12.8. The molecule has 0 radical (unpaired) electrons. The number of carbonyl (C=O) groups excluding carboxylic acids is 4. The molecule has 17 heteroatoms. The zero-order chi connectivity index (χ0) is 38.6. The number of aromatic amines is 2. The number of nitrogens with one attached hydrogen (secondary N) is 4. The summed E-state index contributed by atoms with van der Waals surface area (Å²) >= 11 is 0. The molecule has 7 rings (SSSR count). The second kappa shape index (κ2) is 16.0. The molecule has 6 N–H and O–H groups in total. The van der Waals surface area contributed by atoms with Gasteiger partial charge in [0.2, 0.25) is 11.8 Å². The number of ether oxygens (including phenoxy) is 2. The van der Waals surface area contributed by atoms with Gasteiger partial charge in [0.05, 0.1) is 63.3 Å². The van der Waals surface area contributed by atoms with Gasteiger partial charge in [-0.2, -0.15) is 0 Å². The molecule has 17 nitrogen and oxygen atoms in total. The lowest BCUT2D eigenvalue weighted by Crippen LogP contribution is -2.50. The van der Waals surface area contributed by atoms with Crippen LogP contribution in [0.2, 0.25) is 0 Å². The Hall–Kier alpha value is -6.20. The van der Waals surface area contributed by atoms with E-state index in [0.29, 0.717) is 48.9 Å². The number of aliphatic hydroxyl groups is 2. The topological polar surface area (TPSA) is 228 Å². The Bertz CT molecular complexity index is 2180. The number of furan rings is 1. The van der Waals surface area contributed by atoms with Crippen molar-refractivity contribution >= 4 is 35.0 Å². The van der Waals surface area contributed by atoms with E-state index in [1.54, 1.807) is 22.2 Å². The smallest absolute Gasteiger partial charge is 0.407 e. The first-order valence-corrected chi connectivity index (χ1v) is 18.0. The van der Waals surface area contributed by atoms with Crippen molar-refractivity contribution < 1.29 is 43.3 Å². The summed E-state index contributed by atoms with van der Waals surface area (Å²) in [6.07, 6.45) is 4.74. The Labute approximate surface area is 315 Å². The van der Waals surface area contributed by atoms with E-state index in [1.807, 2.05) is 48.5 Å². The van der Waals surface area contributed by atoms with Gasteiger partial charge in [-0.05, 0) is 55.5 Å². The van der Waals surface area contributed by atoms with Crippen LogP contribution in [0.25, 0.3) is 44.8 Å². The van der Waals surface area contributed by atoms with Crippen LogP contribution in [0, 0.1) is 0 Å². The fourth-order valence-corrected chi connectivity index (χ4v) is 7.28. The molecule has 2 aliphatic rings. The van der Waals surface area contributed by atoms with Gasteiger partial charge >= 0.3 is 12.2 Å². The van der Waals surface area contributed by atoms with E-state index < -0.39 is 49.3 Å². The number of alkyl carbamates (subject to hydrolysis) is 2. The van der Waals surface area contributed by atoms with E-state index in [0.717, 1.165) is 46.3 Å². The van der Waals surface area contributed by atoms with Gasteiger partial charge < -0.3 is 54.5 Å². The number of aliphatic hydroxyl groups excluding tert-OH is 2. The molecular formula is C38H42N8O9. The number of imidazole rings is 2. The van der Waals surface area contributed by atoms with Crippen LogP contribution in [0.3, 0.4) is 0 Å². The van der Waals surface area contributed by atoms with Crippen molar-refractivity contribution in [2.24, 2.45) is 0 Å². The van der Waals surface area contributed by atoms with Crippen LogP contribution in [0.5, 0.6) is 0 Å². The summed E-state index contributed by atoms with van der Waals surface area (Å²) in [6.45, 7) is -0.162. The van der Waals surface area contributed by atoms with Gasteiger partial charge in [0.25, 0.3) is 0 Å². The SMILES string of the molecule is COC(=O)N[C@@H](CO)C(=O)N1CCC[C@H]1c1ncc(-c2ccc(-c3cc4cc(-c5cnc([C@@H]6CCCN6C(=O)[C@H](CO)NC(=O)OC)[nH]5)ccc4o3)cc2)[nH]1. The lowest BCUT2D eigenvalue weighted by Gasteiger charge is -2.27. The number of hydrogen-bond donors (Lipinski definition) is 6. The predicted octanol–water partition coefficient (Wildman–Crippen LogP) is 3.64. The summed E-state index contributed by atoms with van der Waals surface area (Å²) < 4.78 is 15.4. The first-order chi connectivity index (χ1) is 26.7. The minimum absolute atomic E-state index is 0.328. The Morgan fingerprint density at radius 2 is 1.25 bits per heavy atom. The van der Waals surface area contributed by atoms with E-state index in [1.165, 1.54) is 14.2 Å². The number of rotatable bonds is 11. The molecule has 288 valence electrons. The van der Waals surface area contributed by atoms with Gasteiger partial charge in [-0.1, -0.05) is 24.3 Å². The number of likely N-dealkylation sites (tertiary alicyclic amines) is 2. The maximum absolute atomic E-state index is 13.2. The Morgan fingerprint density at radius 1 is 0.764 bits per heavy atom. The number of carbonyl (C=O) groups is 4. The third-order valence-electron chi connectivity index (χ3n) is 10.1. The Balaban J connectivity index is 1.03. The standard InChI is InChI=1S/C38H42N8O9/c1-53-37(51)43-27(19-47)35(49)45-13-3-5-29(45)33-39-17-25(41-33)21-7-9-22(10-8-21)32-16-24-15-23(11-12-31(24)55-32)26-18-40-34(42-26)30-6-4-14-46(30)36(50)28(20-48)44-38(52)54-2/h7-12,15-18,27-30,47-48H,3-6,13-14,19-20H2,1-2H3,(H,39,41)(H,40,42)(H,43,51)(H,44,52)/t27-,28-,29-,30-/m0/s1. The minimum atomic E-state index is -1.12. The highest BCUT2D eigenvalue weighted by Crippen LogP contribution is 2.36. The van der Waals surface area contributed by atoms with Crippen LogP contribution >= 0.6 is 0 Å². The highest BCUT2D eigenvalue weighted by Gasteiger charge is 2.37. The summed E-state index contributed by atoms with van der Waals surface area (Å²) in [5, 5.41) is 25.2. The van der Waals surface area contributed by atoms with Gasteiger partial charge in [0.15, 0.2) is 0 Å². The molecule has 55 heavy (non-hydrogen) atoms. The molecule has 4 amide bonds. The van der Waals surface area contributed by atoms with Gasteiger partial charge in [0.1, 0.15) is 35.1 Å². The number of benzene rings is 2. The molecule has 5 heterocycles. The molecule has 0 saturated carbocycles. The molecule has 2 fully saturated rings. The molecule has 5 aromatic rings. The molecule has 0 bridgehead atoms. The lowest BCUT2D eigenvalue weighted by molar-refractivity contribution is -0.136. The van der Waals surface area contributed by atoms with E-state index in [-0.39, 0.29) is 12.1 Å². The van der Waals surface area contributed by atoms with Crippen LogP contribution in [0.15, 0.2) is 65.3 Å². The zero-order valence-corrected chi connectivity index (χ0v) is 30.3. The molecule has 2 saturated heterocycles. The average Bonchev–Trinajstić information content (AvgIpc) is 4.07. The second-order valence-electron chi connectivity index (χ2n) is 13.4. The van der Waals surface area contributed by atoms with Gasteiger partial charge in [0, 0.05) is 29.6 Å². The number of H-pyrrole nitrogens is 2. The van der Waals surface area contributed by atoms with Crippen LogP contribution < -0.4 is 10.6 Å². The quantitative estimate of drug-likeness (QED) is 0.114. The van der Waals surface area contributed by atoms with E-state index in [2.05, 4.69) is 40.0 Å². The monoisotopic (exact) mass is 754 g/mol. The average molecular weight is 755 g/mol. The number of amides is 4. The number of aromatic nitrogens is 4. The predicted molar refractivity (Wildman–Crippen MR) is 197 cm³/mol. The molecule has 0 spiro atoms. The lowest BCUT2D eigenvalue weighted by atomic mass is 10.1. The van der Waals surface area contributed by atoms with Crippen LogP contribution in [-0.2, 0) is 19.1 Å². The fourth-order valence-electron chi connectivity index (χ4n) is 7.28. The number of methoxy groups -OCH3 is 2. The van der Waals surface area contributed by atoms with Gasteiger partial charge in [-0.25, -0.2) is 19.6 Å². The highest BCUT2D eigenvalue weighted by atomic mass is 16.5. The Kier molecular flexibility index (Phi) is 10.8. The molecule has 2 aromatic carbocycles. The molecule has 4 atom stereocenters. The van der Waals surface area contributed by atoms with E-state index >= 15 is 0 Å². The normalized spacial score (nSPS) is 18.0. The van der Waals surface area contributed by atoms with Crippen molar-refractivity contribution in [3.05, 3.63) is 72.6 Å². The van der Waals surface area contributed by atoms with Gasteiger partial charge in [-0.15, -0.1) is 0 Å². The molecule has 2 aliphatic heterocycles. The van der Waals surface area contributed by atoms with E-state index in [4.69, 9.17) is 4.42 Å². The molecule has 0 unspecified atom stereocenters. The summed E-state index contributed by atoms with van der Waals surface area (Å²) in [7, 11) is 2.39. The summed E-state index contributed by atoms with van der Waals surface area (Å²) in [5.41, 5.74) is 4.90. The zero-order valence-electron chi connectivity index (χ0n) is 30.3. The molecule has 0 aliphatic carbocycles. The van der Waals surface area contributed by atoms with Gasteiger partial charge in [-0.3, -0.25) is 9.59 Å². The van der Waals surface area contributed by atoms with Crippen molar-refractivity contribution in [3.8, 4) is 33.8 Å². The highest BCUT2D eigenvalue weighted by molar-refractivity contribution is 5.88. The first-order valence-electron chi connectivity index (χ1n) is 18.0. The van der Waals surface area contributed by atoms with E-state index in [9.17, 15) is 29.4 Å². The Morgan fingerprint density at radius 3 is 1.76 bits per heavy atom. The van der Waals surface area contributed by atoms with Crippen molar-refractivity contribution in [2.45, 2.75) is 49.9 Å². The van der Waals surface area contributed by atoms with Crippen molar-refractivity contribution in [2.75, 3.05) is 40.5 Å². The van der Waals surface area contributed by atoms with Crippen molar-refractivity contribution in [1.82, 2.24) is 40.4 Å². The number of fused-ring (bicyclic) bond motifs is 1. The molecule has 3 aromatic heterocycles. The van der Waals surface area contributed by atoms with Crippen molar-refractivity contribution in [1.29, 1.82) is 0 Å². The van der Waals surface area contributed by atoms with Crippen LogP contribution in [0.1, 0.15) is 49.4 Å². The summed E-state index contributed by atoms with van der Waals surface area (Å²) in [4.78, 5) is 68.9. The first kappa shape index (κ1) is 37.1. The van der Waals surface area contributed by atoms with Crippen molar-refractivity contribution in [3.63, 3.8) is 0 Å². The van der Waals surface area contributed by atoms with Crippen LogP contribution in [0.4, 0.5) is 9.59 Å².